The first kappa shape index (κ1) is 18.2. The van der Waals surface area contributed by atoms with E-state index in [-0.39, 0.29) is 11.8 Å². The van der Waals surface area contributed by atoms with Gasteiger partial charge < -0.3 is 15.4 Å². The summed E-state index contributed by atoms with van der Waals surface area (Å²) in [6.07, 6.45) is 1.25. The number of ether oxygens (including phenoxy) is 1. The van der Waals surface area contributed by atoms with E-state index in [9.17, 15) is 14.4 Å². The van der Waals surface area contributed by atoms with E-state index in [1.807, 2.05) is 6.92 Å². The van der Waals surface area contributed by atoms with Crippen molar-refractivity contribution in [2.24, 2.45) is 0 Å². The largest absolute Gasteiger partial charge is 0.465 e. The van der Waals surface area contributed by atoms with Crippen molar-refractivity contribution in [1.82, 2.24) is 0 Å². The Kier molecular flexibility index (Phi) is 6.28. The molecule has 130 valence electrons. The molecule has 0 saturated carbocycles. The number of esters is 1. The van der Waals surface area contributed by atoms with Crippen LogP contribution >= 0.6 is 0 Å². The minimum absolute atomic E-state index is 0.0427. The van der Waals surface area contributed by atoms with Gasteiger partial charge in [-0.3, -0.25) is 9.59 Å². The van der Waals surface area contributed by atoms with Crippen LogP contribution in [-0.2, 0) is 9.53 Å². The summed E-state index contributed by atoms with van der Waals surface area (Å²) in [5.41, 5.74) is 1.92. The smallest absolute Gasteiger partial charge is 0.337 e. The lowest BCUT2D eigenvalue weighted by molar-refractivity contribution is -0.116. The summed E-state index contributed by atoms with van der Waals surface area (Å²) in [6, 6.07) is 13.1. The third-order valence-electron chi connectivity index (χ3n) is 3.45. The molecule has 0 aliphatic heterocycles. The maximum atomic E-state index is 12.3. The predicted molar refractivity (Wildman–Crippen MR) is 95.7 cm³/mol. The summed E-state index contributed by atoms with van der Waals surface area (Å²) >= 11 is 0. The van der Waals surface area contributed by atoms with Crippen LogP contribution < -0.4 is 10.6 Å². The van der Waals surface area contributed by atoms with E-state index in [1.54, 1.807) is 42.5 Å². The highest BCUT2D eigenvalue weighted by Crippen LogP contribution is 2.16. The number of nitrogens with one attached hydrogen (secondary N) is 2. The number of anilines is 2. The van der Waals surface area contributed by atoms with Gasteiger partial charge in [0.2, 0.25) is 5.91 Å². The third-order valence-corrected chi connectivity index (χ3v) is 3.45. The van der Waals surface area contributed by atoms with Gasteiger partial charge in [-0.25, -0.2) is 4.79 Å². The molecule has 0 unspecified atom stereocenters. The fourth-order valence-electron chi connectivity index (χ4n) is 2.20. The standard InChI is InChI=1S/C19H20N2O4/c1-3-5-17(22)20-15-8-10-16(11-9-15)21-18(23)13-6-4-7-14(12-13)19(24)25-2/h4,6-12H,3,5H2,1-2H3,(H,20,22)(H,21,23). The topological polar surface area (TPSA) is 84.5 Å². The quantitative estimate of drug-likeness (QED) is 0.789. The highest BCUT2D eigenvalue weighted by atomic mass is 16.5. The molecule has 0 heterocycles. The Morgan fingerprint density at radius 2 is 1.52 bits per heavy atom. The van der Waals surface area contributed by atoms with Crippen molar-refractivity contribution in [3.05, 3.63) is 59.7 Å². The van der Waals surface area contributed by atoms with E-state index in [2.05, 4.69) is 15.4 Å². The van der Waals surface area contributed by atoms with Gasteiger partial charge in [0.25, 0.3) is 5.91 Å². The van der Waals surface area contributed by atoms with Crippen molar-refractivity contribution < 1.29 is 19.1 Å². The molecule has 0 atom stereocenters. The Bertz CT molecular complexity index is 769. The summed E-state index contributed by atoms with van der Waals surface area (Å²) in [4.78, 5) is 35.4. The second-order valence-electron chi connectivity index (χ2n) is 5.40. The average molecular weight is 340 g/mol. The molecule has 2 aromatic rings. The van der Waals surface area contributed by atoms with Crippen LogP contribution in [0.2, 0.25) is 0 Å². The summed E-state index contributed by atoms with van der Waals surface area (Å²) in [6.45, 7) is 1.94. The van der Waals surface area contributed by atoms with Crippen LogP contribution in [0.15, 0.2) is 48.5 Å². The summed E-state index contributed by atoms with van der Waals surface area (Å²) in [7, 11) is 1.29. The molecule has 0 radical (unpaired) electrons. The summed E-state index contributed by atoms with van der Waals surface area (Å²) in [5.74, 6) is -0.880. The van der Waals surface area contributed by atoms with Crippen molar-refractivity contribution in [3.8, 4) is 0 Å². The normalized spacial score (nSPS) is 10.0. The number of carbonyl (C=O) groups is 3. The van der Waals surface area contributed by atoms with Crippen molar-refractivity contribution in [3.63, 3.8) is 0 Å². The SMILES string of the molecule is CCCC(=O)Nc1ccc(NC(=O)c2cccc(C(=O)OC)c2)cc1. The van der Waals surface area contributed by atoms with E-state index in [0.717, 1.165) is 6.42 Å². The van der Waals surface area contributed by atoms with E-state index in [0.29, 0.717) is 28.9 Å². The monoisotopic (exact) mass is 340 g/mol. The molecule has 2 N–H and O–H groups in total. The van der Waals surface area contributed by atoms with Crippen LogP contribution in [0.5, 0.6) is 0 Å². The Morgan fingerprint density at radius 1 is 0.920 bits per heavy atom. The second kappa shape index (κ2) is 8.63. The maximum absolute atomic E-state index is 12.3. The van der Waals surface area contributed by atoms with Gasteiger partial charge in [0.15, 0.2) is 0 Å². The average Bonchev–Trinajstić information content (AvgIpc) is 2.63. The minimum Gasteiger partial charge on any atom is -0.465 e. The molecule has 0 aliphatic rings. The van der Waals surface area contributed by atoms with Crippen LogP contribution in [0, 0.1) is 0 Å². The number of amides is 2. The van der Waals surface area contributed by atoms with Gasteiger partial charge >= 0.3 is 5.97 Å². The number of hydrogen-bond acceptors (Lipinski definition) is 4. The van der Waals surface area contributed by atoms with Crippen molar-refractivity contribution in [1.29, 1.82) is 0 Å². The first-order valence-corrected chi connectivity index (χ1v) is 7.93. The summed E-state index contributed by atoms with van der Waals surface area (Å²) in [5, 5.41) is 5.52. The molecule has 0 aliphatic carbocycles. The first-order valence-electron chi connectivity index (χ1n) is 7.93. The minimum atomic E-state index is -0.498. The van der Waals surface area contributed by atoms with Crippen molar-refractivity contribution in [2.75, 3.05) is 17.7 Å². The zero-order valence-corrected chi connectivity index (χ0v) is 14.2. The number of benzene rings is 2. The fourth-order valence-corrected chi connectivity index (χ4v) is 2.20. The molecule has 6 nitrogen and oxygen atoms in total. The molecule has 0 spiro atoms. The van der Waals surface area contributed by atoms with Crippen LogP contribution in [-0.4, -0.2) is 24.9 Å². The van der Waals surface area contributed by atoms with Gasteiger partial charge in [-0.1, -0.05) is 13.0 Å². The van der Waals surface area contributed by atoms with Gasteiger partial charge in [0.1, 0.15) is 0 Å². The Hall–Kier alpha value is -3.15. The van der Waals surface area contributed by atoms with Gasteiger partial charge in [0.05, 0.1) is 12.7 Å². The van der Waals surface area contributed by atoms with Gasteiger partial charge in [-0.2, -0.15) is 0 Å². The van der Waals surface area contributed by atoms with E-state index in [4.69, 9.17) is 0 Å². The number of methoxy groups -OCH3 is 1. The molecule has 0 aromatic heterocycles. The van der Waals surface area contributed by atoms with Crippen LogP contribution in [0.4, 0.5) is 11.4 Å². The molecule has 0 bridgehead atoms. The zero-order chi connectivity index (χ0) is 18.2. The molecule has 0 saturated heterocycles. The van der Waals surface area contributed by atoms with Crippen LogP contribution in [0.25, 0.3) is 0 Å². The van der Waals surface area contributed by atoms with Crippen LogP contribution in [0.3, 0.4) is 0 Å². The molecule has 2 amide bonds. The Balaban J connectivity index is 2.03. The van der Waals surface area contributed by atoms with Crippen molar-refractivity contribution >= 4 is 29.2 Å². The maximum Gasteiger partial charge on any atom is 0.337 e. The highest BCUT2D eigenvalue weighted by molar-refractivity contribution is 6.05. The Morgan fingerprint density at radius 3 is 2.12 bits per heavy atom. The fraction of sp³-hybridized carbons (Fsp3) is 0.211. The molecule has 0 fully saturated rings. The van der Waals surface area contributed by atoms with E-state index >= 15 is 0 Å². The first-order chi connectivity index (χ1) is 12.0. The second-order valence-corrected chi connectivity index (χ2v) is 5.40. The predicted octanol–water partition coefficient (Wildman–Crippen LogP) is 3.46. The lowest BCUT2D eigenvalue weighted by Gasteiger charge is -2.08. The number of rotatable bonds is 6. The zero-order valence-electron chi connectivity index (χ0n) is 14.2. The van der Waals surface area contributed by atoms with Gasteiger partial charge in [-0.15, -0.1) is 0 Å². The molecule has 25 heavy (non-hydrogen) atoms. The van der Waals surface area contributed by atoms with Crippen LogP contribution in [0.1, 0.15) is 40.5 Å². The van der Waals surface area contributed by atoms with Crippen molar-refractivity contribution in [2.45, 2.75) is 19.8 Å². The summed E-state index contributed by atoms with van der Waals surface area (Å²) < 4.78 is 4.65. The molecule has 6 heteroatoms. The molecular weight excluding hydrogens is 320 g/mol. The van der Waals surface area contributed by atoms with Gasteiger partial charge in [0, 0.05) is 23.4 Å². The number of carbonyl (C=O) groups excluding carboxylic acids is 3. The van der Waals surface area contributed by atoms with Gasteiger partial charge in [-0.05, 0) is 48.9 Å². The number of hydrogen-bond donors (Lipinski definition) is 2. The molecule has 2 aromatic carbocycles. The highest BCUT2D eigenvalue weighted by Gasteiger charge is 2.11. The molecule has 2 rings (SSSR count). The third kappa shape index (κ3) is 5.17. The van der Waals surface area contributed by atoms with E-state index < -0.39 is 5.97 Å². The lowest BCUT2D eigenvalue weighted by Crippen LogP contribution is -2.13. The Labute approximate surface area is 146 Å². The molecular formula is C19H20N2O4. The lowest BCUT2D eigenvalue weighted by atomic mass is 10.1. The van der Waals surface area contributed by atoms with E-state index in [1.165, 1.54) is 13.2 Å².